The van der Waals surface area contributed by atoms with Gasteiger partial charge in [-0.3, -0.25) is 20.4 Å². The van der Waals surface area contributed by atoms with Crippen LogP contribution in [-0.4, -0.2) is 25.5 Å². The molecule has 0 atom stereocenters. The molecule has 0 bridgehead atoms. The number of benzene rings is 2. The van der Waals surface area contributed by atoms with Crippen molar-refractivity contribution in [2.75, 3.05) is 13.7 Å². The molecule has 2 rings (SSSR count). The fraction of sp³-hybridized carbons (Fsp3) is 0.222. The highest BCUT2D eigenvalue weighted by atomic mass is 127. The summed E-state index contributed by atoms with van der Waals surface area (Å²) in [6.07, 6.45) is 0. The van der Waals surface area contributed by atoms with Gasteiger partial charge in [0.05, 0.1) is 10.7 Å². The molecule has 0 saturated heterocycles. The van der Waals surface area contributed by atoms with Crippen LogP contribution in [0, 0.1) is 17.4 Å². The van der Waals surface area contributed by atoms with Crippen molar-refractivity contribution in [3.63, 3.8) is 0 Å². The number of aryl methyl sites for hydroxylation is 2. The minimum absolute atomic E-state index is 0.190. The average molecular weight is 454 g/mol. The third-order valence-electron chi connectivity index (χ3n) is 3.42. The van der Waals surface area contributed by atoms with E-state index in [9.17, 15) is 9.59 Å². The van der Waals surface area contributed by atoms with Gasteiger partial charge in [-0.2, -0.15) is 0 Å². The fourth-order valence-electron chi connectivity index (χ4n) is 2.15. The first-order valence-electron chi connectivity index (χ1n) is 7.53. The summed E-state index contributed by atoms with van der Waals surface area (Å²) in [5.41, 5.74) is 7.18. The maximum atomic E-state index is 12.1. The van der Waals surface area contributed by atoms with E-state index in [2.05, 4.69) is 33.4 Å². The molecule has 0 fully saturated rings. The van der Waals surface area contributed by atoms with Gasteiger partial charge in [0.1, 0.15) is 11.5 Å². The molecule has 2 aromatic carbocycles. The predicted molar refractivity (Wildman–Crippen MR) is 103 cm³/mol. The lowest BCUT2D eigenvalue weighted by molar-refractivity contribution is -0.123. The summed E-state index contributed by atoms with van der Waals surface area (Å²) >= 11 is 2.07. The standard InChI is InChI=1S/C18H19IN2O4/c1-11-4-6-15(12(2)8-11)25-10-17(22)20-21-18(23)13-5-7-16(24-3)14(19)9-13/h4-9H,10H2,1-3H3,(H,20,22)(H,21,23). The number of nitrogens with one attached hydrogen (secondary N) is 2. The summed E-state index contributed by atoms with van der Waals surface area (Å²) in [4.78, 5) is 23.9. The lowest BCUT2D eigenvalue weighted by Crippen LogP contribution is -2.43. The van der Waals surface area contributed by atoms with Crippen LogP contribution < -0.4 is 20.3 Å². The van der Waals surface area contributed by atoms with Crippen LogP contribution in [0.3, 0.4) is 0 Å². The number of ether oxygens (including phenoxy) is 2. The fourth-order valence-corrected chi connectivity index (χ4v) is 2.88. The van der Waals surface area contributed by atoms with E-state index in [1.807, 2.05) is 32.0 Å². The van der Waals surface area contributed by atoms with Gasteiger partial charge in [-0.1, -0.05) is 17.7 Å². The Hall–Kier alpha value is -2.29. The summed E-state index contributed by atoms with van der Waals surface area (Å²) in [5, 5.41) is 0. The van der Waals surface area contributed by atoms with Gasteiger partial charge in [-0.25, -0.2) is 0 Å². The Morgan fingerprint density at radius 3 is 2.40 bits per heavy atom. The lowest BCUT2D eigenvalue weighted by Gasteiger charge is -2.11. The normalized spacial score (nSPS) is 10.1. The van der Waals surface area contributed by atoms with Gasteiger partial charge in [0.2, 0.25) is 0 Å². The smallest absolute Gasteiger partial charge is 0.276 e. The van der Waals surface area contributed by atoms with E-state index in [1.54, 1.807) is 25.3 Å². The largest absolute Gasteiger partial charge is 0.496 e. The number of carbonyl (C=O) groups excluding carboxylic acids is 2. The Morgan fingerprint density at radius 1 is 1.04 bits per heavy atom. The summed E-state index contributed by atoms with van der Waals surface area (Å²) in [6.45, 7) is 3.71. The van der Waals surface area contributed by atoms with E-state index in [0.717, 1.165) is 14.7 Å². The second-order valence-electron chi connectivity index (χ2n) is 5.41. The van der Waals surface area contributed by atoms with Crippen molar-refractivity contribution in [2.24, 2.45) is 0 Å². The molecular formula is C18H19IN2O4. The van der Waals surface area contributed by atoms with E-state index >= 15 is 0 Å². The topological polar surface area (TPSA) is 76.7 Å². The average Bonchev–Trinajstić information content (AvgIpc) is 2.58. The maximum Gasteiger partial charge on any atom is 0.276 e. The summed E-state index contributed by atoms with van der Waals surface area (Å²) < 4.78 is 11.4. The van der Waals surface area contributed by atoms with E-state index in [1.165, 1.54) is 0 Å². The van der Waals surface area contributed by atoms with Crippen molar-refractivity contribution in [1.29, 1.82) is 0 Å². The number of carbonyl (C=O) groups is 2. The SMILES string of the molecule is COc1ccc(C(=O)NNC(=O)COc2ccc(C)cc2C)cc1I. The van der Waals surface area contributed by atoms with Crippen molar-refractivity contribution in [1.82, 2.24) is 10.9 Å². The van der Waals surface area contributed by atoms with Gasteiger partial charge < -0.3 is 9.47 Å². The number of amides is 2. The number of methoxy groups -OCH3 is 1. The molecule has 0 radical (unpaired) electrons. The molecule has 0 heterocycles. The molecule has 0 aliphatic rings. The third kappa shape index (κ3) is 5.35. The van der Waals surface area contributed by atoms with Crippen LogP contribution >= 0.6 is 22.6 Å². The molecular weight excluding hydrogens is 435 g/mol. The van der Waals surface area contributed by atoms with Crippen LogP contribution in [-0.2, 0) is 4.79 Å². The quantitative estimate of drug-likeness (QED) is 0.538. The van der Waals surface area contributed by atoms with E-state index in [0.29, 0.717) is 17.1 Å². The van der Waals surface area contributed by atoms with Gasteiger partial charge in [0.25, 0.3) is 11.8 Å². The van der Waals surface area contributed by atoms with Crippen molar-refractivity contribution in [2.45, 2.75) is 13.8 Å². The monoisotopic (exact) mass is 454 g/mol. The van der Waals surface area contributed by atoms with Crippen LogP contribution in [0.5, 0.6) is 11.5 Å². The second kappa shape index (κ2) is 8.70. The number of rotatable bonds is 5. The molecule has 6 nitrogen and oxygen atoms in total. The van der Waals surface area contributed by atoms with Crippen LogP contribution in [0.15, 0.2) is 36.4 Å². The lowest BCUT2D eigenvalue weighted by atomic mass is 10.1. The molecule has 0 spiro atoms. The van der Waals surface area contributed by atoms with Gasteiger partial charge >= 0.3 is 0 Å². The molecule has 2 N–H and O–H groups in total. The number of halogens is 1. The van der Waals surface area contributed by atoms with Crippen LogP contribution in [0.25, 0.3) is 0 Å². The Bertz CT molecular complexity index is 793. The van der Waals surface area contributed by atoms with Crippen LogP contribution in [0.4, 0.5) is 0 Å². The molecule has 2 amide bonds. The van der Waals surface area contributed by atoms with E-state index < -0.39 is 11.8 Å². The molecule has 0 saturated carbocycles. The first-order chi connectivity index (χ1) is 11.9. The van der Waals surface area contributed by atoms with Crippen molar-refractivity contribution in [3.05, 3.63) is 56.7 Å². The minimum atomic E-state index is -0.448. The summed E-state index contributed by atoms with van der Waals surface area (Å²) in [7, 11) is 1.56. The third-order valence-corrected chi connectivity index (χ3v) is 4.26. The number of hydrazine groups is 1. The Morgan fingerprint density at radius 2 is 1.76 bits per heavy atom. The zero-order chi connectivity index (χ0) is 18.4. The molecule has 2 aromatic rings. The molecule has 0 aliphatic heterocycles. The Kier molecular flexibility index (Phi) is 6.63. The Balaban J connectivity index is 1.85. The maximum absolute atomic E-state index is 12.1. The zero-order valence-electron chi connectivity index (χ0n) is 14.2. The van der Waals surface area contributed by atoms with Crippen LogP contribution in [0.1, 0.15) is 21.5 Å². The number of hydrogen-bond donors (Lipinski definition) is 2. The van der Waals surface area contributed by atoms with E-state index in [-0.39, 0.29) is 6.61 Å². The first kappa shape index (κ1) is 19.0. The Labute approximate surface area is 160 Å². The highest BCUT2D eigenvalue weighted by Crippen LogP contribution is 2.21. The van der Waals surface area contributed by atoms with Gasteiger partial charge in [0, 0.05) is 5.56 Å². The molecule has 0 unspecified atom stereocenters. The van der Waals surface area contributed by atoms with Crippen molar-refractivity contribution in [3.8, 4) is 11.5 Å². The minimum Gasteiger partial charge on any atom is -0.496 e. The van der Waals surface area contributed by atoms with Crippen molar-refractivity contribution >= 4 is 34.4 Å². The molecule has 0 aliphatic carbocycles. The second-order valence-corrected chi connectivity index (χ2v) is 6.57. The number of hydrogen-bond acceptors (Lipinski definition) is 4. The van der Waals surface area contributed by atoms with Crippen molar-refractivity contribution < 1.29 is 19.1 Å². The van der Waals surface area contributed by atoms with Gasteiger partial charge in [-0.15, -0.1) is 0 Å². The summed E-state index contributed by atoms with van der Waals surface area (Å²) in [6, 6.07) is 10.7. The first-order valence-corrected chi connectivity index (χ1v) is 8.61. The van der Waals surface area contributed by atoms with E-state index in [4.69, 9.17) is 9.47 Å². The highest BCUT2D eigenvalue weighted by Gasteiger charge is 2.11. The summed E-state index contributed by atoms with van der Waals surface area (Å²) in [5.74, 6) is 0.455. The molecule has 25 heavy (non-hydrogen) atoms. The molecule has 132 valence electrons. The highest BCUT2D eigenvalue weighted by molar-refractivity contribution is 14.1. The van der Waals surface area contributed by atoms with Gasteiger partial charge in [-0.05, 0) is 66.3 Å². The predicted octanol–water partition coefficient (Wildman–Crippen LogP) is 2.76. The van der Waals surface area contributed by atoms with Gasteiger partial charge in [0.15, 0.2) is 6.61 Å². The zero-order valence-corrected chi connectivity index (χ0v) is 16.3. The molecule has 0 aromatic heterocycles. The van der Waals surface area contributed by atoms with Crippen LogP contribution in [0.2, 0.25) is 0 Å². The molecule has 7 heteroatoms.